The molecule has 0 bridgehead atoms. The molecule has 0 heterocycles. The van der Waals surface area contributed by atoms with E-state index in [0.717, 1.165) is 12.8 Å². The number of nitrogen functional groups attached to an aromatic ring is 1. The van der Waals surface area contributed by atoms with Crippen molar-refractivity contribution >= 4 is 38.9 Å². The Bertz CT molecular complexity index is 578. The van der Waals surface area contributed by atoms with Crippen LogP contribution in [0.4, 0.5) is 5.69 Å². The summed E-state index contributed by atoms with van der Waals surface area (Å²) in [7, 11) is -3.78. The molecule has 0 aromatic heterocycles. The average molecular weight is 353 g/mol. The Hall–Kier alpha value is -0.530. The summed E-state index contributed by atoms with van der Waals surface area (Å²) >= 11 is 11.8. The molecule has 1 aromatic carbocycles. The van der Waals surface area contributed by atoms with Crippen molar-refractivity contribution in [3.8, 4) is 0 Å². The van der Waals surface area contributed by atoms with E-state index < -0.39 is 10.0 Å². The Morgan fingerprint density at radius 1 is 1.24 bits per heavy atom. The molecule has 0 aliphatic heterocycles. The van der Waals surface area contributed by atoms with Crippen LogP contribution in [0.5, 0.6) is 0 Å². The summed E-state index contributed by atoms with van der Waals surface area (Å²) in [6, 6.07) is 2.72. The van der Waals surface area contributed by atoms with E-state index in [0.29, 0.717) is 12.3 Å². The summed E-state index contributed by atoms with van der Waals surface area (Å²) < 4.78 is 32.4. The van der Waals surface area contributed by atoms with E-state index in [1.165, 1.54) is 25.0 Å². The van der Waals surface area contributed by atoms with Gasteiger partial charge in [-0.15, -0.1) is 0 Å². The number of nitrogens with two attached hydrogens (primary N) is 1. The zero-order chi connectivity index (χ0) is 15.5. The van der Waals surface area contributed by atoms with E-state index in [1.807, 2.05) is 0 Å². The van der Waals surface area contributed by atoms with Gasteiger partial charge < -0.3 is 10.5 Å². The number of nitrogens with one attached hydrogen (secondary N) is 1. The minimum atomic E-state index is -3.78. The maximum absolute atomic E-state index is 12.2. The normalized spacial score (nSPS) is 16.5. The molecule has 5 nitrogen and oxygen atoms in total. The Morgan fingerprint density at radius 3 is 2.38 bits per heavy atom. The number of halogens is 2. The first-order valence-corrected chi connectivity index (χ1v) is 9.00. The molecule has 0 saturated heterocycles. The first kappa shape index (κ1) is 16.8. The maximum Gasteiger partial charge on any atom is 0.243 e. The second kappa shape index (κ2) is 7.15. The van der Waals surface area contributed by atoms with Gasteiger partial charge in [-0.3, -0.25) is 0 Å². The fraction of sp³-hybridized carbons (Fsp3) is 0.538. The molecule has 1 saturated carbocycles. The van der Waals surface area contributed by atoms with Gasteiger partial charge in [-0.05, 0) is 25.0 Å². The summed E-state index contributed by atoms with van der Waals surface area (Å²) in [6.07, 6.45) is 4.68. The van der Waals surface area contributed by atoms with E-state index in [2.05, 4.69) is 4.72 Å². The molecule has 8 heteroatoms. The fourth-order valence-corrected chi connectivity index (χ4v) is 4.61. The van der Waals surface area contributed by atoms with Crippen molar-refractivity contribution in [2.24, 2.45) is 0 Å². The molecule has 3 N–H and O–H groups in total. The van der Waals surface area contributed by atoms with E-state index in [9.17, 15) is 8.42 Å². The number of anilines is 1. The van der Waals surface area contributed by atoms with Gasteiger partial charge in [0, 0.05) is 12.2 Å². The van der Waals surface area contributed by atoms with Crippen LogP contribution in [0.3, 0.4) is 0 Å². The molecule has 1 aliphatic rings. The SMILES string of the molecule is Nc1cc(Cl)c(S(=O)(=O)NCCOC2CCCC2)c(Cl)c1. The lowest BCUT2D eigenvalue weighted by atomic mass is 10.3. The predicted molar refractivity (Wildman–Crippen MR) is 84.3 cm³/mol. The minimum Gasteiger partial charge on any atom is -0.399 e. The van der Waals surface area contributed by atoms with Crippen LogP contribution in [0, 0.1) is 0 Å². The van der Waals surface area contributed by atoms with Crippen molar-refractivity contribution < 1.29 is 13.2 Å². The Balaban J connectivity index is 1.95. The largest absolute Gasteiger partial charge is 0.399 e. The van der Waals surface area contributed by atoms with Crippen LogP contribution >= 0.6 is 23.2 Å². The topological polar surface area (TPSA) is 81.4 Å². The third-order valence-electron chi connectivity index (χ3n) is 3.34. The molecule has 1 fully saturated rings. The lowest BCUT2D eigenvalue weighted by Crippen LogP contribution is -2.29. The molecule has 118 valence electrons. The second-order valence-electron chi connectivity index (χ2n) is 4.99. The van der Waals surface area contributed by atoms with Gasteiger partial charge in [-0.25, -0.2) is 13.1 Å². The highest BCUT2D eigenvalue weighted by Gasteiger charge is 2.22. The number of sulfonamides is 1. The second-order valence-corrected chi connectivity index (χ2v) is 7.51. The standard InChI is InChI=1S/C13H18Cl2N2O3S/c14-11-7-9(16)8-12(15)13(11)21(18,19)17-5-6-20-10-3-1-2-4-10/h7-8,10,17H,1-6,16H2. The molecule has 2 rings (SSSR count). The molecule has 1 aliphatic carbocycles. The summed E-state index contributed by atoms with van der Waals surface area (Å²) in [6.45, 7) is 0.504. The summed E-state index contributed by atoms with van der Waals surface area (Å²) in [5.41, 5.74) is 5.87. The first-order valence-electron chi connectivity index (χ1n) is 6.76. The quantitative estimate of drug-likeness (QED) is 0.609. The van der Waals surface area contributed by atoms with Gasteiger partial charge in [0.15, 0.2) is 0 Å². The zero-order valence-electron chi connectivity index (χ0n) is 11.4. The molecule has 21 heavy (non-hydrogen) atoms. The minimum absolute atomic E-state index is 0.00390. The highest BCUT2D eigenvalue weighted by molar-refractivity contribution is 7.89. The highest BCUT2D eigenvalue weighted by Crippen LogP contribution is 2.31. The van der Waals surface area contributed by atoms with Gasteiger partial charge in [0.2, 0.25) is 10.0 Å². The van der Waals surface area contributed by atoms with Crippen LogP contribution in [0.1, 0.15) is 25.7 Å². The van der Waals surface area contributed by atoms with E-state index in [-0.39, 0.29) is 27.6 Å². The van der Waals surface area contributed by atoms with E-state index in [4.69, 9.17) is 33.7 Å². The maximum atomic E-state index is 12.2. The number of hydrogen-bond donors (Lipinski definition) is 2. The Kier molecular flexibility index (Phi) is 5.73. The van der Waals surface area contributed by atoms with E-state index in [1.54, 1.807) is 0 Å². The molecule has 0 radical (unpaired) electrons. The van der Waals surface area contributed by atoms with Gasteiger partial charge in [-0.1, -0.05) is 36.0 Å². The molecule has 0 unspecified atom stereocenters. The highest BCUT2D eigenvalue weighted by atomic mass is 35.5. The van der Waals surface area contributed by atoms with Crippen molar-refractivity contribution in [3.05, 3.63) is 22.2 Å². The van der Waals surface area contributed by atoms with Crippen LogP contribution in [0.25, 0.3) is 0 Å². The predicted octanol–water partition coefficient (Wildman–Crippen LogP) is 2.81. The van der Waals surface area contributed by atoms with Gasteiger partial charge in [0.25, 0.3) is 0 Å². The smallest absolute Gasteiger partial charge is 0.243 e. The zero-order valence-corrected chi connectivity index (χ0v) is 13.8. The number of ether oxygens (including phenoxy) is 1. The molecule has 0 spiro atoms. The number of hydrogen-bond acceptors (Lipinski definition) is 4. The molecular formula is C13H18Cl2N2O3S. The van der Waals surface area contributed by atoms with Gasteiger partial charge in [0.1, 0.15) is 4.90 Å². The van der Waals surface area contributed by atoms with E-state index >= 15 is 0 Å². The van der Waals surface area contributed by atoms with Crippen molar-refractivity contribution in [2.75, 3.05) is 18.9 Å². The van der Waals surface area contributed by atoms with Crippen molar-refractivity contribution in [3.63, 3.8) is 0 Å². The average Bonchev–Trinajstić information content (AvgIpc) is 2.86. The Labute approximate surface area is 134 Å². The van der Waals surface area contributed by atoms with Crippen LogP contribution in [0.15, 0.2) is 17.0 Å². The van der Waals surface area contributed by atoms with Gasteiger partial charge in [-0.2, -0.15) is 0 Å². The lowest BCUT2D eigenvalue weighted by Gasteiger charge is -2.13. The van der Waals surface area contributed by atoms with Crippen LogP contribution < -0.4 is 10.5 Å². The van der Waals surface area contributed by atoms with Crippen LogP contribution in [-0.4, -0.2) is 27.7 Å². The molecular weight excluding hydrogens is 335 g/mol. The van der Waals surface area contributed by atoms with Crippen molar-refractivity contribution in [2.45, 2.75) is 36.7 Å². The van der Waals surface area contributed by atoms with Crippen LogP contribution in [-0.2, 0) is 14.8 Å². The number of benzene rings is 1. The third kappa shape index (κ3) is 4.47. The Morgan fingerprint density at radius 2 is 1.81 bits per heavy atom. The molecule has 1 aromatic rings. The molecule has 0 amide bonds. The monoisotopic (exact) mass is 352 g/mol. The first-order chi connectivity index (χ1) is 9.90. The fourth-order valence-electron chi connectivity index (χ4n) is 2.37. The summed E-state index contributed by atoms with van der Waals surface area (Å²) in [5.74, 6) is 0. The lowest BCUT2D eigenvalue weighted by molar-refractivity contribution is 0.0626. The van der Waals surface area contributed by atoms with Gasteiger partial charge in [0.05, 0.1) is 22.8 Å². The van der Waals surface area contributed by atoms with Crippen molar-refractivity contribution in [1.29, 1.82) is 0 Å². The van der Waals surface area contributed by atoms with Gasteiger partial charge >= 0.3 is 0 Å². The van der Waals surface area contributed by atoms with Crippen molar-refractivity contribution in [1.82, 2.24) is 4.72 Å². The molecule has 0 atom stereocenters. The van der Waals surface area contributed by atoms with Crippen LogP contribution in [0.2, 0.25) is 10.0 Å². The third-order valence-corrected chi connectivity index (χ3v) is 5.72. The summed E-state index contributed by atoms with van der Waals surface area (Å²) in [4.78, 5) is -0.152. The number of rotatable bonds is 6. The summed E-state index contributed by atoms with van der Waals surface area (Å²) in [5, 5.41) is 0.00780.